The van der Waals surface area contributed by atoms with Crippen molar-refractivity contribution in [2.24, 2.45) is 0 Å². The standard InChI is InChI=1S/C14H17F3N2O2S/c1-22(20,21)19-11-7-18(9-14(15,16)17)8-12(19)13(11)10-5-3-2-4-6-10/h2-6,11-13H,7-9H2,1H3/t11-,12+,13?. The smallest absolute Gasteiger partial charge is 0.292 e. The van der Waals surface area contributed by atoms with E-state index in [1.165, 1.54) is 9.21 Å². The van der Waals surface area contributed by atoms with Gasteiger partial charge in [-0.15, -0.1) is 0 Å². The van der Waals surface area contributed by atoms with Crippen molar-refractivity contribution in [2.75, 3.05) is 25.9 Å². The Labute approximate surface area is 127 Å². The molecule has 0 radical (unpaired) electrons. The predicted molar refractivity (Wildman–Crippen MR) is 75.9 cm³/mol. The van der Waals surface area contributed by atoms with E-state index in [0.717, 1.165) is 11.8 Å². The van der Waals surface area contributed by atoms with Gasteiger partial charge in [-0.2, -0.15) is 17.5 Å². The lowest BCUT2D eigenvalue weighted by molar-refractivity contribution is -0.162. The van der Waals surface area contributed by atoms with E-state index >= 15 is 0 Å². The van der Waals surface area contributed by atoms with Crippen molar-refractivity contribution in [1.29, 1.82) is 0 Å². The summed E-state index contributed by atoms with van der Waals surface area (Å²) in [6.45, 7) is -0.760. The van der Waals surface area contributed by atoms with Gasteiger partial charge in [0.2, 0.25) is 10.0 Å². The van der Waals surface area contributed by atoms with Gasteiger partial charge in [0.1, 0.15) is 0 Å². The molecule has 3 atom stereocenters. The maximum atomic E-state index is 12.6. The van der Waals surface area contributed by atoms with Crippen LogP contribution in [0.4, 0.5) is 13.2 Å². The van der Waals surface area contributed by atoms with Crippen LogP contribution in [-0.2, 0) is 10.0 Å². The zero-order valence-corrected chi connectivity index (χ0v) is 12.8. The number of benzene rings is 1. The average molecular weight is 334 g/mol. The maximum Gasteiger partial charge on any atom is 0.401 e. The Kier molecular flexibility index (Phi) is 3.73. The number of likely N-dealkylation sites (tertiary alicyclic amines) is 1. The topological polar surface area (TPSA) is 40.6 Å². The third kappa shape index (κ3) is 2.87. The number of nitrogens with zero attached hydrogens (tertiary/aromatic N) is 2. The molecule has 8 heteroatoms. The molecular formula is C14H17F3N2O2S. The maximum absolute atomic E-state index is 12.6. The quantitative estimate of drug-likeness (QED) is 0.844. The van der Waals surface area contributed by atoms with E-state index in [9.17, 15) is 21.6 Å². The molecule has 0 saturated carbocycles. The summed E-state index contributed by atoms with van der Waals surface area (Å²) < 4.78 is 62.8. The van der Waals surface area contributed by atoms with Gasteiger partial charge in [0.05, 0.1) is 12.8 Å². The van der Waals surface area contributed by atoms with Crippen LogP contribution in [0.2, 0.25) is 0 Å². The zero-order chi connectivity index (χ0) is 16.1. The van der Waals surface area contributed by atoms with E-state index in [-0.39, 0.29) is 19.0 Å². The Balaban J connectivity index is 1.83. The monoisotopic (exact) mass is 334 g/mol. The number of alkyl halides is 3. The van der Waals surface area contributed by atoms with Crippen molar-refractivity contribution in [3.63, 3.8) is 0 Å². The summed E-state index contributed by atoms with van der Waals surface area (Å²) in [5.74, 6) is -0.0274. The van der Waals surface area contributed by atoms with Gasteiger partial charge in [-0.05, 0) is 5.56 Å². The highest BCUT2D eigenvalue weighted by Crippen LogP contribution is 2.46. The SMILES string of the molecule is CS(=O)(=O)N1[C@@H]2CN(CC(F)(F)F)C[C@H]1C2c1ccccc1. The summed E-state index contributed by atoms with van der Waals surface area (Å²) in [4.78, 5) is 1.30. The minimum atomic E-state index is -4.26. The molecule has 2 heterocycles. The van der Waals surface area contributed by atoms with Crippen LogP contribution in [0.5, 0.6) is 0 Å². The Hall–Kier alpha value is -1.12. The number of piperidine rings is 1. The summed E-state index contributed by atoms with van der Waals surface area (Å²) in [6.07, 6.45) is -3.14. The molecule has 4 nitrogen and oxygen atoms in total. The Morgan fingerprint density at radius 3 is 2.14 bits per heavy atom. The first-order valence-electron chi connectivity index (χ1n) is 6.99. The van der Waals surface area contributed by atoms with Gasteiger partial charge in [-0.1, -0.05) is 30.3 Å². The van der Waals surface area contributed by atoms with Crippen molar-refractivity contribution in [3.8, 4) is 0 Å². The normalized spacial score (nSPS) is 30.1. The molecular weight excluding hydrogens is 317 g/mol. The second kappa shape index (κ2) is 5.21. The summed E-state index contributed by atoms with van der Waals surface area (Å²) in [6, 6.07) is 8.57. The number of hydrogen-bond donors (Lipinski definition) is 0. The third-order valence-electron chi connectivity index (χ3n) is 4.34. The fraction of sp³-hybridized carbons (Fsp3) is 0.571. The first-order valence-corrected chi connectivity index (χ1v) is 8.84. The first kappa shape index (κ1) is 15.8. The molecule has 0 N–H and O–H groups in total. The van der Waals surface area contributed by atoms with E-state index in [1.807, 2.05) is 30.3 Å². The first-order chi connectivity index (χ1) is 10.2. The number of fused-ring (bicyclic) bond motifs is 2. The van der Waals surface area contributed by atoms with Crippen LogP contribution in [-0.4, -0.2) is 61.8 Å². The second-order valence-corrected chi connectivity index (χ2v) is 7.86. The molecule has 22 heavy (non-hydrogen) atoms. The lowest BCUT2D eigenvalue weighted by Gasteiger charge is -2.60. The lowest BCUT2D eigenvalue weighted by atomic mass is 9.74. The van der Waals surface area contributed by atoms with Crippen LogP contribution in [0.15, 0.2) is 30.3 Å². The second-order valence-electron chi connectivity index (χ2n) is 5.97. The van der Waals surface area contributed by atoms with E-state index in [0.29, 0.717) is 0 Å². The molecule has 3 rings (SSSR count). The largest absolute Gasteiger partial charge is 0.401 e. The van der Waals surface area contributed by atoms with Gasteiger partial charge in [-0.25, -0.2) is 8.42 Å². The van der Waals surface area contributed by atoms with Crippen LogP contribution in [0, 0.1) is 0 Å². The number of halogens is 3. The Morgan fingerprint density at radius 2 is 1.68 bits per heavy atom. The van der Waals surface area contributed by atoms with Gasteiger partial charge < -0.3 is 0 Å². The fourth-order valence-electron chi connectivity index (χ4n) is 3.70. The van der Waals surface area contributed by atoms with Crippen LogP contribution in [0.1, 0.15) is 11.5 Å². The van der Waals surface area contributed by atoms with Crippen molar-refractivity contribution < 1.29 is 21.6 Å². The predicted octanol–water partition coefficient (Wildman–Crippen LogP) is 1.66. The Morgan fingerprint density at radius 1 is 1.14 bits per heavy atom. The fourth-order valence-corrected chi connectivity index (χ4v) is 5.08. The van der Waals surface area contributed by atoms with E-state index in [2.05, 4.69) is 0 Å². The molecule has 2 bridgehead atoms. The molecule has 2 fully saturated rings. The average Bonchev–Trinajstić information content (AvgIpc) is 2.36. The molecule has 2 aliphatic heterocycles. The number of rotatable bonds is 3. The van der Waals surface area contributed by atoms with Crippen molar-refractivity contribution in [1.82, 2.24) is 9.21 Å². The minimum Gasteiger partial charge on any atom is -0.292 e. The van der Waals surface area contributed by atoms with Crippen molar-refractivity contribution >= 4 is 10.0 Å². The van der Waals surface area contributed by atoms with Crippen LogP contribution in [0.25, 0.3) is 0 Å². The highest BCUT2D eigenvalue weighted by molar-refractivity contribution is 7.88. The van der Waals surface area contributed by atoms with E-state index < -0.39 is 34.8 Å². The highest BCUT2D eigenvalue weighted by Gasteiger charge is 2.58. The van der Waals surface area contributed by atoms with Gasteiger partial charge in [-0.3, -0.25) is 4.90 Å². The molecule has 2 saturated heterocycles. The summed E-state index contributed by atoms with van der Waals surface area (Å²) >= 11 is 0. The summed E-state index contributed by atoms with van der Waals surface area (Å²) in [5.41, 5.74) is 0.990. The van der Waals surface area contributed by atoms with Crippen LogP contribution in [0.3, 0.4) is 0 Å². The number of sulfonamides is 1. The van der Waals surface area contributed by atoms with E-state index in [4.69, 9.17) is 0 Å². The Bertz CT molecular complexity index is 634. The summed E-state index contributed by atoms with van der Waals surface area (Å²) in [5, 5.41) is 0. The third-order valence-corrected chi connectivity index (χ3v) is 5.65. The molecule has 1 aromatic carbocycles. The number of hydrogen-bond acceptors (Lipinski definition) is 3. The molecule has 1 unspecified atom stereocenters. The minimum absolute atomic E-state index is 0.0274. The molecule has 2 aliphatic rings. The van der Waals surface area contributed by atoms with Gasteiger partial charge in [0.25, 0.3) is 0 Å². The molecule has 0 aliphatic carbocycles. The number of piperazine rings is 1. The van der Waals surface area contributed by atoms with Crippen LogP contribution < -0.4 is 0 Å². The van der Waals surface area contributed by atoms with Gasteiger partial charge in [0.15, 0.2) is 0 Å². The summed E-state index contributed by atoms with van der Waals surface area (Å²) in [7, 11) is -3.41. The highest BCUT2D eigenvalue weighted by atomic mass is 32.2. The lowest BCUT2D eigenvalue weighted by Crippen LogP contribution is -2.74. The van der Waals surface area contributed by atoms with Gasteiger partial charge in [0, 0.05) is 31.1 Å². The van der Waals surface area contributed by atoms with E-state index in [1.54, 1.807) is 0 Å². The van der Waals surface area contributed by atoms with Gasteiger partial charge >= 0.3 is 6.18 Å². The molecule has 0 aromatic heterocycles. The molecule has 1 aromatic rings. The van der Waals surface area contributed by atoms with Crippen molar-refractivity contribution in [3.05, 3.63) is 35.9 Å². The molecule has 0 amide bonds. The molecule has 0 spiro atoms. The van der Waals surface area contributed by atoms with Crippen LogP contribution >= 0.6 is 0 Å². The van der Waals surface area contributed by atoms with Crippen molar-refractivity contribution in [2.45, 2.75) is 24.2 Å². The molecule has 122 valence electrons. The zero-order valence-electron chi connectivity index (χ0n) is 12.0.